The van der Waals surface area contributed by atoms with E-state index in [-0.39, 0.29) is 11.5 Å². The minimum absolute atomic E-state index is 0.256. The average Bonchev–Trinajstić information content (AvgIpc) is 2.54. The van der Waals surface area contributed by atoms with Crippen molar-refractivity contribution in [1.82, 2.24) is 0 Å². The van der Waals surface area contributed by atoms with Crippen molar-refractivity contribution in [3.63, 3.8) is 0 Å². The van der Waals surface area contributed by atoms with Crippen LogP contribution in [0.1, 0.15) is 5.56 Å². The van der Waals surface area contributed by atoms with Gasteiger partial charge in [-0.3, -0.25) is 4.31 Å². The van der Waals surface area contributed by atoms with E-state index in [9.17, 15) is 8.42 Å². The minimum Gasteiger partial charge on any atom is -0.489 e. The highest BCUT2D eigenvalue weighted by Gasteiger charge is 2.35. The van der Waals surface area contributed by atoms with Gasteiger partial charge in [-0.2, -0.15) is 0 Å². The molecule has 0 amide bonds. The van der Waals surface area contributed by atoms with Gasteiger partial charge in [0.05, 0.1) is 16.6 Å². The summed E-state index contributed by atoms with van der Waals surface area (Å²) in [5.41, 5.74) is 1.56. The van der Waals surface area contributed by atoms with Crippen LogP contribution < -0.4 is 9.04 Å². The zero-order chi connectivity index (χ0) is 15.7. The second kappa shape index (κ2) is 5.50. The maximum absolute atomic E-state index is 13.1. The van der Waals surface area contributed by atoms with Crippen LogP contribution >= 0.6 is 0 Å². The number of hydrogen-bond acceptors (Lipinski definition) is 3. The van der Waals surface area contributed by atoms with Crippen molar-refractivity contribution >= 4 is 15.7 Å². The Labute approximate surface area is 130 Å². The summed E-state index contributed by atoms with van der Waals surface area (Å²) in [6.07, 6.45) is 1.60. The van der Waals surface area contributed by atoms with Crippen LogP contribution in [0.3, 0.4) is 0 Å². The molecule has 1 aliphatic heterocycles. The fourth-order valence-electron chi connectivity index (χ4n) is 2.48. The summed E-state index contributed by atoms with van der Waals surface area (Å²) in [4.78, 5) is 0.265. The number of ether oxygens (including phenoxy) is 1. The maximum Gasteiger partial charge on any atom is 0.265 e. The van der Waals surface area contributed by atoms with Gasteiger partial charge in [0.15, 0.2) is 0 Å². The van der Waals surface area contributed by atoms with E-state index in [1.807, 2.05) is 13.0 Å². The first kappa shape index (κ1) is 14.7. The molecule has 0 spiro atoms. The highest BCUT2D eigenvalue weighted by Crippen LogP contribution is 2.37. The first-order chi connectivity index (χ1) is 10.5. The highest BCUT2D eigenvalue weighted by molar-refractivity contribution is 7.92. The molecule has 5 heteroatoms. The van der Waals surface area contributed by atoms with Gasteiger partial charge in [-0.15, -0.1) is 6.58 Å². The highest BCUT2D eigenvalue weighted by atomic mass is 32.2. The number of hydrogen-bond donors (Lipinski definition) is 0. The molecule has 0 radical (unpaired) electrons. The van der Waals surface area contributed by atoms with Gasteiger partial charge in [-0.25, -0.2) is 8.42 Å². The van der Waals surface area contributed by atoms with Crippen LogP contribution in [-0.2, 0) is 10.0 Å². The molecule has 0 N–H and O–H groups in total. The average molecular weight is 315 g/mol. The SMILES string of the molecule is C=CC1COc2ccccc2N1S(=O)(=O)c1ccc(C)cc1. The van der Waals surface area contributed by atoms with E-state index in [1.54, 1.807) is 48.5 Å². The maximum atomic E-state index is 13.1. The summed E-state index contributed by atoms with van der Waals surface area (Å²) in [6, 6.07) is 13.6. The summed E-state index contributed by atoms with van der Waals surface area (Å²) in [6.45, 7) is 5.92. The molecule has 0 fully saturated rings. The molecule has 114 valence electrons. The standard InChI is InChI=1S/C17H17NO3S/c1-3-14-12-21-17-7-5-4-6-16(17)18(14)22(19,20)15-10-8-13(2)9-11-15/h3-11,14H,1,12H2,2H3. The number of sulfonamides is 1. The van der Waals surface area contributed by atoms with Crippen LogP contribution in [0.4, 0.5) is 5.69 Å². The molecule has 1 heterocycles. The molecule has 1 aliphatic rings. The zero-order valence-electron chi connectivity index (χ0n) is 12.3. The molecule has 0 bridgehead atoms. The van der Waals surface area contributed by atoms with E-state index in [1.165, 1.54) is 4.31 Å². The second-order valence-corrected chi connectivity index (χ2v) is 7.01. The molecular weight excluding hydrogens is 298 g/mol. The quantitative estimate of drug-likeness (QED) is 0.818. The Morgan fingerprint density at radius 3 is 2.55 bits per heavy atom. The predicted molar refractivity (Wildman–Crippen MR) is 86.8 cm³/mol. The van der Waals surface area contributed by atoms with E-state index in [0.717, 1.165) is 5.56 Å². The summed E-state index contributed by atoms with van der Waals surface area (Å²) in [7, 11) is -3.67. The summed E-state index contributed by atoms with van der Waals surface area (Å²) < 4.78 is 33.1. The Hall–Kier alpha value is -2.27. The van der Waals surface area contributed by atoms with Crippen LogP contribution in [0, 0.1) is 6.92 Å². The number of para-hydroxylation sites is 2. The number of rotatable bonds is 3. The molecular formula is C17H17NO3S. The molecule has 0 saturated heterocycles. The third-order valence-electron chi connectivity index (χ3n) is 3.66. The Bertz CT molecular complexity index is 797. The van der Waals surface area contributed by atoms with Crippen molar-refractivity contribution < 1.29 is 13.2 Å². The van der Waals surface area contributed by atoms with Gasteiger partial charge in [0.25, 0.3) is 10.0 Å². The van der Waals surface area contributed by atoms with Crippen molar-refractivity contribution in [3.8, 4) is 5.75 Å². The van der Waals surface area contributed by atoms with E-state index in [4.69, 9.17) is 4.74 Å². The van der Waals surface area contributed by atoms with Gasteiger partial charge < -0.3 is 4.74 Å². The normalized spacial score (nSPS) is 17.5. The molecule has 22 heavy (non-hydrogen) atoms. The van der Waals surface area contributed by atoms with Gasteiger partial charge in [0.1, 0.15) is 12.4 Å². The van der Waals surface area contributed by atoms with Crippen LogP contribution in [0.5, 0.6) is 5.75 Å². The summed E-state index contributed by atoms with van der Waals surface area (Å²) in [5, 5.41) is 0. The Balaban J connectivity index is 2.15. The molecule has 2 aromatic carbocycles. The van der Waals surface area contributed by atoms with E-state index >= 15 is 0 Å². The Morgan fingerprint density at radius 1 is 1.18 bits per heavy atom. The molecule has 2 aromatic rings. The lowest BCUT2D eigenvalue weighted by molar-refractivity contribution is 0.292. The minimum atomic E-state index is -3.67. The molecule has 3 rings (SSSR count). The van der Waals surface area contributed by atoms with Gasteiger partial charge in [0, 0.05) is 0 Å². The fourth-order valence-corrected chi connectivity index (χ4v) is 4.10. The van der Waals surface area contributed by atoms with Crippen molar-refractivity contribution in [2.75, 3.05) is 10.9 Å². The third-order valence-corrected chi connectivity index (χ3v) is 5.52. The number of nitrogens with zero attached hydrogens (tertiary/aromatic N) is 1. The van der Waals surface area contributed by atoms with E-state index < -0.39 is 16.1 Å². The first-order valence-corrected chi connectivity index (χ1v) is 8.43. The second-order valence-electron chi connectivity index (χ2n) is 5.20. The Kier molecular flexibility index (Phi) is 3.66. The van der Waals surface area contributed by atoms with Crippen LogP contribution in [0.15, 0.2) is 66.1 Å². The third kappa shape index (κ3) is 2.37. The number of fused-ring (bicyclic) bond motifs is 1. The molecule has 0 aromatic heterocycles. The van der Waals surface area contributed by atoms with Gasteiger partial charge in [-0.1, -0.05) is 35.9 Å². The molecule has 4 nitrogen and oxygen atoms in total. The summed E-state index contributed by atoms with van der Waals surface area (Å²) >= 11 is 0. The Morgan fingerprint density at radius 2 is 1.86 bits per heavy atom. The lowest BCUT2D eigenvalue weighted by Crippen LogP contribution is -2.45. The van der Waals surface area contributed by atoms with Gasteiger partial charge in [-0.05, 0) is 31.2 Å². The van der Waals surface area contributed by atoms with Gasteiger partial charge >= 0.3 is 0 Å². The van der Waals surface area contributed by atoms with Crippen molar-refractivity contribution in [2.24, 2.45) is 0 Å². The smallest absolute Gasteiger partial charge is 0.265 e. The number of anilines is 1. The van der Waals surface area contributed by atoms with Crippen LogP contribution in [0.25, 0.3) is 0 Å². The topological polar surface area (TPSA) is 46.6 Å². The number of aryl methyl sites for hydroxylation is 1. The fraction of sp³-hybridized carbons (Fsp3) is 0.176. The van der Waals surface area contributed by atoms with Crippen LogP contribution in [0.2, 0.25) is 0 Å². The van der Waals surface area contributed by atoms with Crippen molar-refractivity contribution in [2.45, 2.75) is 17.9 Å². The predicted octanol–water partition coefficient (Wildman–Crippen LogP) is 3.14. The van der Waals surface area contributed by atoms with E-state index in [0.29, 0.717) is 11.4 Å². The molecule has 0 aliphatic carbocycles. The lowest BCUT2D eigenvalue weighted by Gasteiger charge is -2.36. The molecule has 1 unspecified atom stereocenters. The number of benzene rings is 2. The molecule has 1 atom stereocenters. The lowest BCUT2D eigenvalue weighted by atomic mass is 10.2. The monoisotopic (exact) mass is 315 g/mol. The zero-order valence-corrected chi connectivity index (χ0v) is 13.1. The molecule has 0 saturated carbocycles. The van der Waals surface area contributed by atoms with Crippen molar-refractivity contribution in [1.29, 1.82) is 0 Å². The van der Waals surface area contributed by atoms with E-state index in [2.05, 4.69) is 6.58 Å². The largest absolute Gasteiger partial charge is 0.489 e. The van der Waals surface area contributed by atoms with Crippen LogP contribution in [-0.4, -0.2) is 21.1 Å². The van der Waals surface area contributed by atoms with Gasteiger partial charge in [0.2, 0.25) is 0 Å². The summed E-state index contributed by atoms with van der Waals surface area (Å²) in [5.74, 6) is 0.566. The van der Waals surface area contributed by atoms with Crippen molar-refractivity contribution in [3.05, 3.63) is 66.7 Å². The first-order valence-electron chi connectivity index (χ1n) is 6.99.